The van der Waals surface area contributed by atoms with Crippen LogP contribution in [0.2, 0.25) is 0 Å². The summed E-state index contributed by atoms with van der Waals surface area (Å²) in [6.07, 6.45) is 1.72. The minimum absolute atomic E-state index is 0.0545. The van der Waals surface area contributed by atoms with Gasteiger partial charge in [0, 0.05) is 30.6 Å². The lowest BCUT2D eigenvalue weighted by molar-refractivity contribution is -0.132. The number of hydrogen-bond acceptors (Lipinski definition) is 4. The molecule has 0 aromatic carbocycles. The standard InChI is InChI=1S/C15H21N3O2S/c1-11(2)18-13(19)15(16-14(18)20)6-8-17(10-15)7-5-12-4-3-9-21-12/h3-4,9,11H,5-8,10H2,1-2H3,(H,16,20). The Morgan fingerprint density at radius 3 is 2.86 bits per heavy atom. The van der Waals surface area contributed by atoms with Crippen LogP contribution in [0.4, 0.5) is 4.79 Å². The number of carbonyl (C=O) groups excluding carboxylic acids is 2. The maximum absolute atomic E-state index is 12.6. The van der Waals surface area contributed by atoms with Gasteiger partial charge in [0.1, 0.15) is 5.54 Å². The van der Waals surface area contributed by atoms with Crippen LogP contribution in [-0.2, 0) is 11.2 Å². The van der Waals surface area contributed by atoms with Crippen LogP contribution in [0, 0.1) is 0 Å². The molecule has 3 amide bonds. The molecular formula is C15H21N3O2S. The molecule has 1 N–H and O–H groups in total. The first kappa shape index (κ1) is 14.5. The number of nitrogens with zero attached hydrogens (tertiary/aromatic N) is 2. The normalized spacial score (nSPS) is 26.3. The first-order chi connectivity index (χ1) is 10.0. The third-order valence-corrected chi connectivity index (χ3v) is 5.25. The van der Waals surface area contributed by atoms with Gasteiger partial charge in [-0.2, -0.15) is 0 Å². The fourth-order valence-corrected chi connectivity index (χ4v) is 3.89. The van der Waals surface area contributed by atoms with Crippen LogP contribution in [0.1, 0.15) is 25.1 Å². The van der Waals surface area contributed by atoms with Gasteiger partial charge < -0.3 is 5.32 Å². The number of imide groups is 1. The van der Waals surface area contributed by atoms with Crippen molar-refractivity contribution in [3.8, 4) is 0 Å². The van der Waals surface area contributed by atoms with Crippen molar-refractivity contribution in [1.82, 2.24) is 15.1 Å². The number of amides is 3. The summed E-state index contributed by atoms with van der Waals surface area (Å²) >= 11 is 1.76. The molecule has 0 bridgehead atoms. The molecule has 114 valence electrons. The highest BCUT2D eigenvalue weighted by Crippen LogP contribution is 2.29. The second-order valence-electron chi connectivity index (χ2n) is 6.14. The topological polar surface area (TPSA) is 52.7 Å². The highest BCUT2D eigenvalue weighted by molar-refractivity contribution is 7.09. The van der Waals surface area contributed by atoms with Gasteiger partial charge in [0.2, 0.25) is 0 Å². The minimum Gasteiger partial charge on any atom is -0.322 e. The van der Waals surface area contributed by atoms with E-state index in [4.69, 9.17) is 0 Å². The van der Waals surface area contributed by atoms with Gasteiger partial charge in [-0.15, -0.1) is 11.3 Å². The highest BCUT2D eigenvalue weighted by atomic mass is 32.1. The average molecular weight is 307 g/mol. The van der Waals surface area contributed by atoms with Crippen molar-refractivity contribution in [3.05, 3.63) is 22.4 Å². The van der Waals surface area contributed by atoms with E-state index in [1.54, 1.807) is 11.3 Å². The fraction of sp³-hybridized carbons (Fsp3) is 0.600. The Kier molecular flexibility index (Phi) is 3.75. The summed E-state index contributed by atoms with van der Waals surface area (Å²) < 4.78 is 0. The Morgan fingerprint density at radius 1 is 1.43 bits per heavy atom. The summed E-state index contributed by atoms with van der Waals surface area (Å²) in [6.45, 7) is 6.18. The zero-order valence-electron chi connectivity index (χ0n) is 12.5. The Hall–Kier alpha value is -1.40. The number of thiophene rings is 1. The maximum atomic E-state index is 12.6. The zero-order valence-corrected chi connectivity index (χ0v) is 13.3. The number of nitrogens with one attached hydrogen (secondary N) is 1. The minimum atomic E-state index is -0.684. The smallest absolute Gasteiger partial charge is 0.322 e. The van der Waals surface area contributed by atoms with Gasteiger partial charge in [-0.05, 0) is 38.1 Å². The molecule has 1 aromatic heterocycles. The van der Waals surface area contributed by atoms with Gasteiger partial charge in [-0.1, -0.05) is 6.07 Å². The van der Waals surface area contributed by atoms with Gasteiger partial charge in [-0.25, -0.2) is 4.79 Å². The van der Waals surface area contributed by atoms with Crippen LogP contribution >= 0.6 is 11.3 Å². The van der Waals surface area contributed by atoms with E-state index in [9.17, 15) is 9.59 Å². The molecule has 5 nitrogen and oxygen atoms in total. The number of urea groups is 1. The molecule has 21 heavy (non-hydrogen) atoms. The molecule has 0 aliphatic carbocycles. The summed E-state index contributed by atoms with van der Waals surface area (Å²) in [6, 6.07) is 3.87. The zero-order chi connectivity index (χ0) is 15.0. The second-order valence-corrected chi connectivity index (χ2v) is 7.17. The van der Waals surface area contributed by atoms with Crippen LogP contribution in [0.5, 0.6) is 0 Å². The van der Waals surface area contributed by atoms with E-state index in [1.165, 1.54) is 9.78 Å². The van der Waals surface area contributed by atoms with Crippen molar-refractivity contribution in [1.29, 1.82) is 0 Å². The van der Waals surface area contributed by atoms with Crippen molar-refractivity contribution >= 4 is 23.3 Å². The lowest BCUT2D eigenvalue weighted by Gasteiger charge is -2.23. The predicted molar refractivity (Wildman–Crippen MR) is 82.3 cm³/mol. The molecule has 6 heteroatoms. The number of rotatable bonds is 4. The Bertz CT molecular complexity index is 543. The molecule has 1 spiro atoms. The van der Waals surface area contributed by atoms with E-state index >= 15 is 0 Å². The molecule has 2 fully saturated rings. The van der Waals surface area contributed by atoms with Crippen molar-refractivity contribution < 1.29 is 9.59 Å². The predicted octanol–water partition coefficient (Wildman–Crippen LogP) is 1.70. The molecule has 3 heterocycles. The third-order valence-electron chi connectivity index (χ3n) is 4.31. The third kappa shape index (κ3) is 2.58. The summed E-state index contributed by atoms with van der Waals surface area (Å²) in [5, 5.41) is 5.02. The van der Waals surface area contributed by atoms with Crippen molar-refractivity contribution in [3.63, 3.8) is 0 Å². The maximum Gasteiger partial charge on any atom is 0.325 e. The lowest BCUT2D eigenvalue weighted by atomic mass is 9.98. The molecule has 2 saturated heterocycles. The molecule has 2 aliphatic rings. The Labute approximate surface area is 128 Å². The molecule has 0 radical (unpaired) electrons. The van der Waals surface area contributed by atoms with E-state index in [1.807, 2.05) is 13.8 Å². The summed E-state index contributed by atoms with van der Waals surface area (Å²) in [4.78, 5) is 29.6. The molecule has 1 unspecified atom stereocenters. The van der Waals surface area contributed by atoms with Crippen molar-refractivity contribution in [2.75, 3.05) is 19.6 Å². The first-order valence-electron chi connectivity index (χ1n) is 7.42. The van der Waals surface area contributed by atoms with E-state index in [0.29, 0.717) is 13.0 Å². The number of likely N-dealkylation sites (tertiary alicyclic amines) is 1. The average Bonchev–Trinajstić information content (AvgIpc) is 3.09. The largest absolute Gasteiger partial charge is 0.325 e. The summed E-state index contributed by atoms with van der Waals surface area (Å²) in [7, 11) is 0. The number of carbonyl (C=O) groups is 2. The Balaban J connectivity index is 1.63. The van der Waals surface area contributed by atoms with Crippen LogP contribution in [0.25, 0.3) is 0 Å². The van der Waals surface area contributed by atoms with E-state index in [-0.39, 0.29) is 18.0 Å². The molecule has 1 aromatic rings. The van der Waals surface area contributed by atoms with E-state index in [2.05, 4.69) is 27.7 Å². The van der Waals surface area contributed by atoms with Gasteiger partial charge >= 0.3 is 6.03 Å². The molecule has 3 rings (SSSR count). The van der Waals surface area contributed by atoms with Crippen LogP contribution < -0.4 is 5.32 Å². The molecular weight excluding hydrogens is 286 g/mol. The quantitative estimate of drug-likeness (QED) is 0.861. The SMILES string of the molecule is CC(C)N1C(=O)NC2(CCN(CCc3cccs3)C2)C1=O. The number of hydrogen-bond donors (Lipinski definition) is 1. The van der Waals surface area contributed by atoms with Gasteiger partial charge in [0.15, 0.2) is 0 Å². The van der Waals surface area contributed by atoms with Crippen LogP contribution in [0.3, 0.4) is 0 Å². The highest BCUT2D eigenvalue weighted by Gasteiger charge is 2.54. The van der Waals surface area contributed by atoms with E-state index in [0.717, 1.165) is 19.5 Å². The summed E-state index contributed by atoms with van der Waals surface area (Å²) in [5.74, 6) is -0.0545. The fourth-order valence-electron chi connectivity index (χ4n) is 3.19. The molecule has 2 aliphatic heterocycles. The Morgan fingerprint density at radius 2 is 2.24 bits per heavy atom. The van der Waals surface area contributed by atoms with Crippen molar-refractivity contribution in [2.24, 2.45) is 0 Å². The molecule has 1 atom stereocenters. The summed E-state index contributed by atoms with van der Waals surface area (Å²) in [5.41, 5.74) is -0.684. The van der Waals surface area contributed by atoms with Crippen LogP contribution in [-0.4, -0.2) is 53.0 Å². The van der Waals surface area contributed by atoms with Crippen LogP contribution in [0.15, 0.2) is 17.5 Å². The van der Waals surface area contributed by atoms with Gasteiger partial charge in [0.25, 0.3) is 5.91 Å². The monoisotopic (exact) mass is 307 g/mol. The van der Waals surface area contributed by atoms with Gasteiger partial charge in [-0.3, -0.25) is 14.6 Å². The second kappa shape index (κ2) is 5.42. The van der Waals surface area contributed by atoms with E-state index < -0.39 is 5.54 Å². The van der Waals surface area contributed by atoms with Crippen molar-refractivity contribution in [2.45, 2.75) is 38.3 Å². The first-order valence-corrected chi connectivity index (χ1v) is 8.30. The van der Waals surface area contributed by atoms with Gasteiger partial charge in [0.05, 0.1) is 0 Å². The molecule has 0 saturated carbocycles. The lowest BCUT2D eigenvalue weighted by Crippen LogP contribution is -2.49.